The van der Waals surface area contributed by atoms with E-state index < -0.39 is 17.5 Å². The molecular weight excluding hydrogens is 640 g/mol. The Morgan fingerprint density at radius 3 is 2.43 bits per heavy atom. The van der Waals surface area contributed by atoms with Crippen LogP contribution in [0.5, 0.6) is 5.88 Å². The van der Waals surface area contributed by atoms with Crippen molar-refractivity contribution in [2.75, 3.05) is 33.8 Å². The molecule has 2 aromatic carbocycles. The Kier molecular flexibility index (Phi) is 11.9. The van der Waals surface area contributed by atoms with E-state index in [4.69, 9.17) is 32.7 Å². The lowest BCUT2D eigenvalue weighted by atomic mass is 9.87. The molecule has 47 heavy (non-hydrogen) atoms. The summed E-state index contributed by atoms with van der Waals surface area (Å²) in [7, 11) is 3.31. The molecule has 3 aromatic rings. The highest BCUT2D eigenvalue weighted by atomic mass is 35.5. The number of likely N-dealkylation sites (N-methyl/N-ethyl adjacent to an activating group) is 1. The highest BCUT2D eigenvalue weighted by molar-refractivity contribution is 6.51. The van der Waals surface area contributed by atoms with Gasteiger partial charge >= 0.3 is 6.09 Å². The molecule has 0 bridgehead atoms. The molecule has 0 atom stereocenters. The minimum Gasteiger partial charge on any atom is -0.476 e. The average Bonchev–Trinajstić information content (AvgIpc) is 3.34. The van der Waals surface area contributed by atoms with Crippen LogP contribution in [0.2, 0.25) is 5.02 Å². The van der Waals surface area contributed by atoms with Crippen molar-refractivity contribution in [2.45, 2.75) is 46.1 Å². The smallest absolute Gasteiger partial charge is 0.410 e. The molecule has 4 rings (SSSR count). The number of rotatable bonds is 11. The van der Waals surface area contributed by atoms with Gasteiger partial charge in [0.05, 0.1) is 16.6 Å². The van der Waals surface area contributed by atoms with Gasteiger partial charge in [-0.25, -0.2) is 14.2 Å². The van der Waals surface area contributed by atoms with E-state index in [0.29, 0.717) is 28.8 Å². The van der Waals surface area contributed by atoms with Gasteiger partial charge in [0.2, 0.25) is 11.8 Å². The van der Waals surface area contributed by atoms with Gasteiger partial charge in [-0.1, -0.05) is 66.5 Å². The SMILES string of the molecule is CC/C(=C(\C1=C(Cl)c2ccccc2C1)c1ccc(OCCN(C/C=C/C(=O)N(C)C)C(=O)OC(C)(C)C)nc1)c1ccc(F)cc1Cl. The molecule has 248 valence electrons. The quantitative estimate of drug-likeness (QED) is 0.190. The molecule has 1 heterocycles. The van der Waals surface area contributed by atoms with E-state index in [1.54, 1.807) is 59.3 Å². The topological polar surface area (TPSA) is 72.0 Å². The summed E-state index contributed by atoms with van der Waals surface area (Å²) in [4.78, 5) is 32.3. The summed E-state index contributed by atoms with van der Waals surface area (Å²) in [5.74, 6) is -0.231. The summed E-state index contributed by atoms with van der Waals surface area (Å²) < 4.78 is 25.5. The highest BCUT2D eigenvalue weighted by Gasteiger charge is 2.27. The Balaban J connectivity index is 1.60. The summed E-state index contributed by atoms with van der Waals surface area (Å²) >= 11 is 13.6. The first-order valence-corrected chi connectivity index (χ1v) is 16.2. The molecule has 0 radical (unpaired) electrons. The van der Waals surface area contributed by atoms with Crippen molar-refractivity contribution in [3.8, 4) is 5.88 Å². The van der Waals surface area contributed by atoms with Crippen LogP contribution in [0.15, 0.2) is 78.5 Å². The maximum absolute atomic E-state index is 14.0. The van der Waals surface area contributed by atoms with Gasteiger partial charge in [-0.15, -0.1) is 0 Å². The minimum atomic E-state index is -0.684. The first-order chi connectivity index (χ1) is 22.3. The Bertz CT molecular complexity index is 1710. The van der Waals surface area contributed by atoms with Crippen molar-refractivity contribution in [3.05, 3.63) is 112 Å². The van der Waals surface area contributed by atoms with Crippen molar-refractivity contribution in [1.29, 1.82) is 0 Å². The third-order valence-corrected chi connectivity index (χ3v) is 8.16. The molecule has 10 heteroatoms. The van der Waals surface area contributed by atoms with Crippen LogP contribution in [0.1, 0.15) is 56.4 Å². The van der Waals surface area contributed by atoms with E-state index in [1.807, 2.05) is 31.2 Å². The fourth-order valence-corrected chi connectivity index (χ4v) is 5.80. The summed E-state index contributed by atoms with van der Waals surface area (Å²) in [5, 5.41) is 0.971. The predicted molar refractivity (Wildman–Crippen MR) is 187 cm³/mol. The minimum absolute atomic E-state index is 0.140. The molecule has 1 aromatic heterocycles. The second-order valence-corrected chi connectivity index (χ2v) is 13.0. The molecule has 0 saturated carbocycles. The number of ether oxygens (including phenoxy) is 2. The third kappa shape index (κ3) is 9.24. The van der Waals surface area contributed by atoms with Gasteiger partial charge in [0, 0.05) is 51.0 Å². The van der Waals surface area contributed by atoms with Crippen LogP contribution in [-0.2, 0) is 16.0 Å². The van der Waals surface area contributed by atoms with E-state index in [2.05, 4.69) is 11.1 Å². The predicted octanol–water partition coefficient (Wildman–Crippen LogP) is 8.66. The van der Waals surface area contributed by atoms with Crippen LogP contribution in [0.4, 0.5) is 9.18 Å². The lowest BCUT2D eigenvalue weighted by molar-refractivity contribution is -0.123. The molecule has 0 aliphatic heterocycles. The second-order valence-electron chi connectivity index (χ2n) is 12.3. The summed E-state index contributed by atoms with van der Waals surface area (Å²) in [6, 6.07) is 16.1. The fourth-order valence-electron chi connectivity index (χ4n) is 5.17. The number of allylic oxidation sites excluding steroid dienone is 3. The number of hydrogen-bond donors (Lipinski definition) is 0. The molecule has 0 saturated heterocycles. The lowest BCUT2D eigenvalue weighted by Gasteiger charge is -2.26. The Morgan fingerprint density at radius 1 is 1.06 bits per heavy atom. The number of pyridine rings is 1. The highest BCUT2D eigenvalue weighted by Crippen LogP contribution is 2.46. The van der Waals surface area contributed by atoms with E-state index >= 15 is 0 Å². The van der Waals surface area contributed by atoms with Crippen molar-refractivity contribution < 1.29 is 23.5 Å². The summed E-state index contributed by atoms with van der Waals surface area (Å²) in [6.07, 6.45) is 5.47. The van der Waals surface area contributed by atoms with Crippen molar-refractivity contribution in [3.63, 3.8) is 0 Å². The van der Waals surface area contributed by atoms with Crippen LogP contribution in [0.3, 0.4) is 0 Å². The first kappa shape index (κ1) is 35.7. The number of amides is 2. The van der Waals surface area contributed by atoms with E-state index in [0.717, 1.165) is 39.0 Å². The summed E-state index contributed by atoms with van der Waals surface area (Å²) in [6.45, 7) is 7.91. The van der Waals surface area contributed by atoms with Crippen molar-refractivity contribution in [2.24, 2.45) is 0 Å². The number of carbonyl (C=O) groups is 2. The second kappa shape index (κ2) is 15.6. The van der Waals surface area contributed by atoms with Gasteiger partial charge in [-0.2, -0.15) is 0 Å². The van der Waals surface area contributed by atoms with Gasteiger partial charge in [0.1, 0.15) is 18.0 Å². The number of aromatic nitrogens is 1. The van der Waals surface area contributed by atoms with Gasteiger partial charge < -0.3 is 19.3 Å². The number of nitrogens with zero attached hydrogens (tertiary/aromatic N) is 3. The van der Waals surface area contributed by atoms with Gasteiger partial charge in [-0.3, -0.25) is 4.79 Å². The molecule has 0 N–H and O–H groups in total. The zero-order valence-electron chi connectivity index (χ0n) is 27.6. The van der Waals surface area contributed by atoms with E-state index in [9.17, 15) is 14.0 Å². The van der Waals surface area contributed by atoms with Crippen LogP contribution in [0, 0.1) is 5.82 Å². The molecule has 0 spiro atoms. The van der Waals surface area contributed by atoms with Gasteiger partial charge in [0.25, 0.3) is 0 Å². The molecular formula is C37H40Cl2FN3O4. The van der Waals surface area contributed by atoms with Crippen molar-refractivity contribution in [1.82, 2.24) is 14.8 Å². The van der Waals surface area contributed by atoms with E-state index in [1.165, 1.54) is 28.0 Å². The maximum atomic E-state index is 14.0. The van der Waals surface area contributed by atoms with Crippen LogP contribution in [-0.4, -0.2) is 66.2 Å². The first-order valence-electron chi connectivity index (χ1n) is 15.4. The molecule has 1 aliphatic carbocycles. The molecule has 0 fully saturated rings. The zero-order chi connectivity index (χ0) is 34.3. The van der Waals surface area contributed by atoms with Crippen LogP contribution < -0.4 is 4.74 Å². The summed E-state index contributed by atoms with van der Waals surface area (Å²) in [5.41, 5.74) is 5.69. The number of benzene rings is 2. The standard InChI is InChI=1S/C37H40Cl2FN3O4/c1-7-27(29-16-15-26(40)22-31(29)38)34(30-21-24-11-8-9-12-28(24)35(30)39)25-14-17-32(41-23-25)46-20-19-43(36(45)47-37(2,3)4)18-10-13-33(44)42(5)6/h8-17,22-23H,7,18-21H2,1-6H3/b13-10+,34-27+. The molecule has 0 unspecified atom stereocenters. The van der Waals surface area contributed by atoms with Crippen molar-refractivity contribution >= 4 is 51.4 Å². The van der Waals surface area contributed by atoms with E-state index in [-0.39, 0.29) is 25.6 Å². The Morgan fingerprint density at radius 2 is 1.81 bits per heavy atom. The zero-order valence-corrected chi connectivity index (χ0v) is 29.1. The lowest BCUT2D eigenvalue weighted by Crippen LogP contribution is -2.39. The Labute approximate surface area is 286 Å². The van der Waals surface area contributed by atoms with Crippen LogP contribution in [0.25, 0.3) is 16.2 Å². The van der Waals surface area contributed by atoms with Gasteiger partial charge in [-0.05, 0) is 78.8 Å². The van der Waals surface area contributed by atoms with Crippen LogP contribution >= 0.6 is 23.2 Å². The largest absolute Gasteiger partial charge is 0.476 e. The molecule has 7 nitrogen and oxygen atoms in total. The maximum Gasteiger partial charge on any atom is 0.410 e. The Hall–Kier alpha value is -4.14. The van der Waals surface area contributed by atoms with Gasteiger partial charge in [0.15, 0.2) is 0 Å². The molecule has 1 aliphatic rings. The average molecular weight is 681 g/mol. The monoisotopic (exact) mass is 679 g/mol. The number of hydrogen-bond acceptors (Lipinski definition) is 5. The third-order valence-electron chi connectivity index (χ3n) is 7.41. The number of fused-ring (bicyclic) bond motifs is 1. The number of halogens is 3. The molecule has 2 amide bonds. The fraction of sp³-hybridized carbons (Fsp3) is 0.324. The number of carbonyl (C=O) groups excluding carboxylic acids is 2. The normalized spacial score (nSPS) is 13.4.